The summed E-state index contributed by atoms with van der Waals surface area (Å²) in [6.07, 6.45) is 0. The van der Waals surface area contributed by atoms with E-state index in [-0.39, 0.29) is 0 Å². The van der Waals surface area contributed by atoms with Crippen LogP contribution in [0.25, 0.3) is 83.2 Å². The standard InChI is InChI=1S/C56H38N2O/c1-4-13-39(14-5-1)42-23-30-47(31-24-42)57(48-32-25-43(26-33-48)40-15-6-2-7-16-40)50-20-12-19-45(37-50)44-27-34-49(35-28-44)58-53-22-11-10-21-51(53)56-55(58)52-38-46(29-36-54(52)59-56)41-17-8-3-9-18-41/h1-38H. The summed E-state index contributed by atoms with van der Waals surface area (Å²) in [7, 11) is 0. The fourth-order valence-corrected chi connectivity index (χ4v) is 8.49. The molecule has 0 radical (unpaired) electrons. The molecular weight excluding hydrogens is 717 g/mol. The van der Waals surface area contributed by atoms with E-state index in [0.29, 0.717) is 0 Å². The third kappa shape index (κ3) is 6.26. The molecule has 0 fully saturated rings. The number of para-hydroxylation sites is 1. The van der Waals surface area contributed by atoms with E-state index in [2.05, 4.69) is 240 Å². The minimum atomic E-state index is 0.886. The molecule has 0 saturated carbocycles. The van der Waals surface area contributed by atoms with Gasteiger partial charge in [-0.3, -0.25) is 0 Å². The van der Waals surface area contributed by atoms with E-state index in [9.17, 15) is 0 Å². The van der Waals surface area contributed by atoms with Gasteiger partial charge >= 0.3 is 0 Å². The smallest absolute Gasteiger partial charge is 0.161 e. The van der Waals surface area contributed by atoms with Gasteiger partial charge in [0.1, 0.15) is 11.1 Å². The largest absolute Gasteiger partial charge is 0.454 e. The Kier molecular flexibility index (Phi) is 8.49. The molecule has 3 heteroatoms. The van der Waals surface area contributed by atoms with E-state index in [0.717, 1.165) is 66.8 Å². The van der Waals surface area contributed by atoms with Crippen molar-refractivity contribution < 1.29 is 4.42 Å². The van der Waals surface area contributed by atoms with Gasteiger partial charge in [0.05, 0.1) is 5.52 Å². The molecule has 0 aliphatic rings. The second-order valence-electron chi connectivity index (χ2n) is 15.0. The molecule has 9 aromatic carbocycles. The minimum Gasteiger partial charge on any atom is -0.454 e. The van der Waals surface area contributed by atoms with Crippen LogP contribution in [0.1, 0.15) is 0 Å². The summed E-state index contributed by atoms with van der Waals surface area (Å²) in [5, 5.41) is 2.20. The lowest BCUT2D eigenvalue weighted by Crippen LogP contribution is -2.10. The average Bonchev–Trinajstić information content (AvgIpc) is 3.85. The average molecular weight is 755 g/mol. The molecule has 278 valence electrons. The maximum absolute atomic E-state index is 6.59. The Morgan fingerprint density at radius 1 is 0.322 bits per heavy atom. The van der Waals surface area contributed by atoms with Crippen molar-refractivity contribution in [2.24, 2.45) is 0 Å². The van der Waals surface area contributed by atoms with Crippen molar-refractivity contribution in [2.75, 3.05) is 4.90 Å². The summed E-state index contributed by atoms with van der Waals surface area (Å²) in [6, 6.07) is 82.2. The van der Waals surface area contributed by atoms with Crippen molar-refractivity contribution >= 4 is 50.0 Å². The summed E-state index contributed by atoms with van der Waals surface area (Å²) < 4.78 is 8.95. The normalized spacial score (nSPS) is 11.4. The van der Waals surface area contributed by atoms with E-state index in [1.54, 1.807) is 0 Å². The maximum Gasteiger partial charge on any atom is 0.161 e. The van der Waals surface area contributed by atoms with Crippen LogP contribution in [0.2, 0.25) is 0 Å². The van der Waals surface area contributed by atoms with E-state index in [4.69, 9.17) is 4.42 Å². The molecule has 2 aromatic heterocycles. The third-order valence-corrected chi connectivity index (χ3v) is 11.4. The van der Waals surface area contributed by atoms with Gasteiger partial charge in [0.15, 0.2) is 5.58 Å². The van der Waals surface area contributed by atoms with Gasteiger partial charge in [0.2, 0.25) is 0 Å². The highest BCUT2D eigenvalue weighted by Gasteiger charge is 2.20. The summed E-state index contributed by atoms with van der Waals surface area (Å²) >= 11 is 0. The quantitative estimate of drug-likeness (QED) is 0.154. The van der Waals surface area contributed by atoms with E-state index < -0.39 is 0 Å². The van der Waals surface area contributed by atoms with E-state index in [1.165, 1.54) is 33.4 Å². The summed E-state index contributed by atoms with van der Waals surface area (Å²) in [6.45, 7) is 0. The van der Waals surface area contributed by atoms with Crippen LogP contribution in [-0.4, -0.2) is 4.57 Å². The third-order valence-electron chi connectivity index (χ3n) is 11.4. The number of furan rings is 1. The van der Waals surface area contributed by atoms with Crippen LogP contribution in [0.5, 0.6) is 0 Å². The topological polar surface area (TPSA) is 21.3 Å². The SMILES string of the molecule is c1ccc(-c2ccc(N(c3ccc(-c4ccccc4)cc3)c3cccc(-c4ccc(-n5c6ccccc6c6oc7ccc(-c8ccccc8)cc7c65)cc4)c3)cc2)cc1. The first kappa shape index (κ1) is 34.4. The van der Waals surface area contributed by atoms with Gasteiger partial charge in [0.25, 0.3) is 0 Å². The fourth-order valence-electron chi connectivity index (χ4n) is 8.49. The van der Waals surface area contributed by atoms with Gasteiger partial charge in [0, 0.05) is 33.5 Å². The number of hydrogen-bond donors (Lipinski definition) is 0. The number of nitrogens with zero attached hydrogens (tertiary/aromatic N) is 2. The minimum absolute atomic E-state index is 0.886. The van der Waals surface area contributed by atoms with Crippen molar-refractivity contribution in [1.82, 2.24) is 4.57 Å². The maximum atomic E-state index is 6.59. The van der Waals surface area contributed by atoms with E-state index in [1.807, 2.05) is 0 Å². The monoisotopic (exact) mass is 754 g/mol. The Balaban J connectivity index is 0.985. The molecule has 0 N–H and O–H groups in total. The van der Waals surface area contributed by atoms with Crippen LogP contribution >= 0.6 is 0 Å². The molecule has 0 aliphatic carbocycles. The van der Waals surface area contributed by atoms with Crippen molar-refractivity contribution in [1.29, 1.82) is 0 Å². The molecule has 11 aromatic rings. The molecule has 2 heterocycles. The lowest BCUT2D eigenvalue weighted by atomic mass is 10.0. The molecule has 0 bridgehead atoms. The highest BCUT2D eigenvalue weighted by atomic mass is 16.3. The Hall–Kier alpha value is -7.88. The summed E-state index contributed by atoms with van der Waals surface area (Å²) in [5.74, 6) is 0. The number of fused-ring (bicyclic) bond motifs is 5. The van der Waals surface area contributed by atoms with Crippen molar-refractivity contribution in [3.05, 3.63) is 231 Å². The van der Waals surface area contributed by atoms with Crippen LogP contribution in [-0.2, 0) is 0 Å². The van der Waals surface area contributed by atoms with Gasteiger partial charge in [-0.25, -0.2) is 0 Å². The zero-order chi connectivity index (χ0) is 39.1. The van der Waals surface area contributed by atoms with Gasteiger partial charge in [-0.05, 0) is 117 Å². The summed E-state index contributed by atoms with van der Waals surface area (Å²) in [4.78, 5) is 2.35. The molecule has 0 spiro atoms. The molecular formula is C56H38N2O. The molecule has 0 unspecified atom stereocenters. The van der Waals surface area contributed by atoms with Crippen molar-refractivity contribution in [3.63, 3.8) is 0 Å². The Morgan fingerprint density at radius 3 is 1.39 bits per heavy atom. The number of benzene rings is 9. The zero-order valence-corrected chi connectivity index (χ0v) is 32.2. The predicted molar refractivity (Wildman–Crippen MR) is 247 cm³/mol. The predicted octanol–water partition coefficient (Wildman–Crippen LogP) is 15.7. The lowest BCUT2D eigenvalue weighted by molar-refractivity contribution is 0.673. The van der Waals surface area contributed by atoms with Crippen LogP contribution in [0.3, 0.4) is 0 Å². The van der Waals surface area contributed by atoms with E-state index >= 15 is 0 Å². The van der Waals surface area contributed by atoms with Crippen molar-refractivity contribution in [3.8, 4) is 50.2 Å². The van der Waals surface area contributed by atoms with Gasteiger partial charge < -0.3 is 13.9 Å². The number of anilines is 3. The first-order valence-corrected chi connectivity index (χ1v) is 20.1. The Labute approximate surface area is 343 Å². The lowest BCUT2D eigenvalue weighted by Gasteiger charge is -2.26. The van der Waals surface area contributed by atoms with Crippen LogP contribution < -0.4 is 4.90 Å². The van der Waals surface area contributed by atoms with Gasteiger partial charge in [-0.1, -0.05) is 158 Å². The molecule has 0 saturated heterocycles. The molecule has 3 nitrogen and oxygen atoms in total. The molecule has 11 rings (SSSR count). The first-order valence-electron chi connectivity index (χ1n) is 20.1. The second-order valence-corrected chi connectivity index (χ2v) is 15.0. The second kappa shape index (κ2) is 14.6. The number of aromatic nitrogens is 1. The van der Waals surface area contributed by atoms with Crippen LogP contribution in [0.15, 0.2) is 235 Å². The molecule has 0 amide bonds. The molecule has 0 atom stereocenters. The Morgan fingerprint density at radius 2 is 0.780 bits per heavy atom. The fraction of sp³-hybridized carbons (Fsp3) is 0. The first-order chi connectivity index (χ1) is 29.2. The van der Waals surface area contributed by atoms with Gasteiger partial charge in [-0.2, -0.15) is 0 Å². The number of hydrogen-bond acceptors (Lipinski definition) is 2. The Bertz CT molecular complexity index is 3140. The van der Waals surface area contributed by atoms with Gasteiger partial charge in [-0.15, -0.1) is 0 Å². The number of rotatable bonds is 8. The molecule has 59 heavy (non-hydrogen) atoms. The molecule has 0 aliphatic heterocycles. The highest BCUT2D eigenvalue weighted by molar-refractivity contribution is 6.17. The van der Waals surface area contributed by atoms with Crippen LogP contribution in [0, 0.1) is 0 Å². The highest BCUT2D eigenvalue weighted by Crippen LogP contribution is 2.42. The van der Waals surface area contributed by atoms with Crippen molar-refractivity contribution in [2.45, 2.75) is 0 Å². The zero-order valence-electron chi connectivity index (χ0n) is 32.2. The summed E-state index contributed by atoms with van der Waals surface area (Å²) in [5.41, 5.74) is 17.8. The van der Waals surface area contributed by atoms with Crippen LogP contribution in [0.4, 0.5) is 17.1 Å².